The Hall–Kier alpha value is -1.65. The van der Waals surface area contributed by atoms with Crippen molar-refractivity contribution in [3.05, 3.63) is 35.4 Å². The molecule has 0 N–H and O–H groups in total. The van der Waals surface area contributed by atoms with Crippen LogP contribution >= 0.6 is 0 Å². The molecule has 2 nitrogen and oxygen atoms in total. The van der Waals surface area contributed by atoms with E-state index in [0.29, 0.717) is 0 Å². The number of carbonyl (C=O) groups excluding carboxylic acids is 2. The van der Waals surface area contributed by atoms with Crippen molar-refractivity contribution >= 4 is 11.6 Å². The normalized spacial score (nSPS) is 17.3. The van der Waals surface area contributed by atoms with Gasteiger partial charge in [0, 0.05) is 12.5 Å². The molecule has 0 heterocycles. The summed E-state index contributed by atoms with van der Waals surface area (Å²) in [6.07, 6.45) is -4.11. The third-order valence-electron chi connectivity index (χ3n) is 3.31. The molecule has 1 aromatic carbocycles. The van der Waals surface area contributed by atoms with Gasteiger partial charge in [-0.2, -0.15) is 13.2 Å². The molecule has 18 heavy (non-hydrogen) atoms. The van der Waals surface area contributed by atoms with E-state index in [2.05, 4.69) is 0 Å². The van der Waals surface area contributed by atoms with Crippen LogP contribution in [0.5, 0.6) is 0 Å². The molecule has 1 aliphatic rings. The Morgan fingerprint density at radius 3 is 1.94 bits per heavy atom. The van der Waals surface area contributed by atoms with Crippen LogP contribution in [0.25, 0.3) is 0 Å². The van der Waals surface area contributed by atoms with Crippen LogP contribution in [0.2, 0.25) is 0 Å². The van der Waals surface area contributed by atoms with E-state index >= 15 is 0 Å². The van der Waals surface area contributed by atoms with Crippen molar-refractivity contribution in [2.45, 2.75) is 31.4 Å². The van der Waals surface area contributed by atoms with E-state index in [-0.39, 0.29) is 24.0 Å². The molecule has 1 aliphatic carbocycles. The van der Waals surface area contributed by atoms with Gasteiger partial charge in [-0.25, -0.2) is 0 Å². The summed E-state index contributed by atoms with van der Waals surface area (Å²) < 4.78 is 38.5. The van der Waals surface area contributed by atoms with Crippen molar-refractivity contribution in [2.24, 2.45) is 0 Å². The first kappa shape index (κ1) is 12.8. The largest absolute Gasteiger partial charge is 0.398 e. The third kappa shape index (κ3) is 1.94. The highest BCUT2D eigenvalue weighted by atomic mass is 19.4. The molecule has 0 aliphatic heterocycles. The highest BCUT2D eigenvalue weighted by molar-refractivity contribution is 6.42. The van der Waals surface area contributed by atoms with E-state index in [9.17, 15) is 22.8 Å². The molecule has 1 fully saturated rings. The standard InChI is InChI=1S/C13H11F3O2/c1-8(17)11(18)9-2-4-10(5-3-9)12(6-7-12)13(14,15)16/h2-5H,6-7H2,1H3. The number of carbonyl (C=O) groups is 2. The van der Waals surface area contributed by atoms with Crippen molar-refractivity contribution in [3.63, 3.8) is 0 Å². The fourth-order valence-electron chi connectivity index (χ4n) is 2.00. The molecule has 1 aromatic rings. The number of ketones is 2. The Bertz CT molecular complexity index is 496. The van der Waals surface area contributed by atoms with Gasteiger partial charge in [-0.3, -0.25) is 9.59 Å². The summed E-state index contributed by atoms with van der Waals surface area (Å²) in [5.41, 5.74) is -1.45. The van der Waals surface area contributed by atoms with Gasteiger partial charge in [0.25, 0.3) is 0 Å². The molecule has 1 saturated carbocycles. The molecule has 0 bridgehead atoms. The second-order valence-electron chi connectivity index (χ2n) is 4.54. The summed E-state index contributed by atoms with van der Waals surface area (Å²) in [6.45, 7) is 1.13. The summed E-state index contributed by atoms with van der Waals surface area (Å²) in [5.74, 6) is -1.31. The van der Waals surface area contributed by atoms with E-state index in [1.807, 2.05) is 0 Å². The number of rotatable bonds is 3. The number of hydrogen-bond acceptors (Lipinski definition) is 2. The maximum absolute atomic E-state index is 12.8. The molecule has 0 unspecified atom stereocenters. The monoisotopic (exact) mass is 256 g/mol. The Morgan fingerprint density at radius 1 is 1.11 bits per heavy atom. The summed E-state index contributed by atoms with van der Waals surface area (Å²) in [7, 11) is 0. The number of Topliss-reactive ketones (excluding diaryl/α,β-unsaturated/α-hetero) is 2. The van der Waals surface area contributed by atoms with Gasteiger partial charge >= 0.3 is 6.18 Å². The maximum Gasteiger partial charge on any atom is 0.398 e. The van der Waals surface area contributed by atoms with Crippen LogP contribution in [0.4, 0.5) is 13.2 Å². The van der Waals surface area contributed by atoms with Gasteiger partial charge in [0.15, 0.2) is 5.78 Å². The number of hydrogen-bond donors (Lipinski definition) is 0. The zero-order valence-corrected chi connectivity index (χ0v) is 9.67. The van der Waals surface area contributed by atoms with E-state index in [0.717, 1.165) is 6.92 Å². The van der Waals surface area contributed by atoms with Crippen LogP contribution in [-0.4, -0.2) is 17.7 Å². The second-order valence-corrected chi connectivity index (χ2v) is 4.54. The SMILES string of the molecule is CC(=O)C(=O)c1ccc(C2(C(F)(F)F)CC2)cc1. The fourth-order valence-corrected chi connectivity index (χ4v) is 2.00. The summed E-state index contributed by atoms with van der Waals surface area (Å²) >= 11 is 0. The Balaban J connectivity index is 2.29. The zero-order chi connectivity index (χ0) is 13.6. The van der Waals surface area contributed by atoms with Crippen LogP contribution in [0.3, 0.4) is 0 Å². The minimum atomic E-state index is -4.26. The lowest BCUT2D eigenvalue weighted by Crippen LogP contribution is -2.28. The quantitative estimate of drug-likeness (QED) is 0.615. The van der Waals surface area contributed by atoms with Crippen molar-refractivity contribution in [2.75, 3.05) is 0 Å². The topological polar surface area (TPSA) is 34.1 Å². The highest BCUT2D eigenvalue weighted by Crippen LogP contribution is 2.58. The summed E-state index contributed by atoms with van der Waals surface area (Å²) in [6, 6.07) is 5.14. The number of benzene rings is 1. The molecular formula is C13H11F3O2. The van der Waals surface area contributed by atoms with Crippen molar-refractivity contribution in [3.8, 4) is 0 Å². The maximum atomic E-state index is 12.8. The van der Waals surface area contributed by atoms with Gasteiger partial charge in [0.2, 0.25) is 5.78 Å². The van der Waals surface area contributed by atoms with Crippen LogP contribution < -0.4 is 0 Å². The van der Waals surface area contributed by atoms with E-state index in [1.165, 1.54) is 24.3 Å². The van der Waals surface area contributed by atoms with Crippen molar-refractivity contribution in [1.82, 2.24) is 0 Å². The van der Waals surface area contributed by atoms with Gasteiger partial charge in [0.05, 0.1) is 5.41 Å². The van der Waals surface area contributed by atoms with Gasteiger partial charge < -0.3 is 0 Å². The molecule has 2 rings (SSSR count). The number of halogens is 3. The first-order valence-corrected chi connectivity index (χ1v) is 5.50. The van der Waals surface area contributed by atoms with Crippen LogP contribution in [0, 0.1) is 0 Å². The van der Waals surface area contributed by atoms with E-state index in [1.54, 1.807) is 0 Å². The lowest BCUT2D eigenvalue weighted by Gasteiger charge is -2.19. The van der Waals surface area contributed by atoms with E-state index in [4.69, 9.17) is 0 Å². The van der Waals surface area contributed by atoms with Crippen LogP contribution in [-0.2, 0) is 10.2 Å². The molecule has 0 spiro atoms. The second kappa shape index (κ2) is 3.93. The average Bonchev–Trinajstić information content (AvgIpc) is 3.08. The third-order valence-corrected chi connectivity index (χ3v) is 3.31. The Kier molecular flexibility index (Phi) is 2.80. The van der Waals surface area contributed by atoms with Crippen LogP contribution in [0.15, 0.2) is 24.3 Å². The number of alkyl halides is 3. The van der Waals surface area contributed by atoms with Gasteiger partial charge in [-0.15, -0.1) is 0 Å². The minimum absolute atomic E-state index is 0.0799. The molecule has 0 saturated heterocycles. The molecule has 96 valence electrons. The van der Waals surface area contributed by atoms with Crippen molar-refractivity contribution < 1.29 is 22.8 Å². The van der Waals surface area contributed by atoms with Gasteiger partial charge in [-0.05, 0) is 18.4 Å². The smallest absolute Gasteiger partial charge is 0.291 e. The predicted octanol–water partition coefficient (Wildman–Crippen LogP) is 3.05. The molecular weight excluding hydrogens is 245 g/mol. The molecule has 0 radical (unpaired) electrons. The Labute approximate surface area is 102 Å². The summed E-state index contributed by atoms with van der Waals surface area (Å²) in [4.78, 5) is 22.2. The first-order chi connectivity index (χ1) is 8.28. The molecule has 0 aromatic heterocycles. The predicted molar refractivity (Wildman–Crippen MR) is 58.4 cm³/mol. The van der Waals surface area contributed by atoms with Crippen LogP contribution in [0.1, 0.15) is 35.7 Å². The fraction of sp³-hybridized carbons (Fsp3) is 0.385. The van der Waals surface area contributed by atoms with Gasteiger partial charge in [-0.1, -0.05) is 24.3 Å². The molecule has 0 atom stereocenters. The zero-order valence-electron chi connectivity index (χ0n) is 9.67. The lowest BCUT2D eigenvalue weighted by molar-refractivity contribution is -0.160. The highest BCUT2D eigenvalue weighted by Gasteiger charge is 2.64. The summed E-state index contributed by atoms with van der Waals surface area (Å²) in [5, 5.41) is 0. The minimum Gasteiger partial charge on any atom is -0.291 e. The lowest BCUT2D eigenvalue weighted by atomic mass is 9.93. The van der Waals surface area contributed by atoms with E-state index < -0.39 is 23.2 Å². The van der Waals surface area contributed by atoms with Gasteiger partial charge in [0.1, 0.15) is 0 Å². The van der Waals surface area contributed by atoms with Crippen molar-refractivity contribution in [1.29, 1.82) is 0 Å². The molecule has 0 amide bonds. The first-order valence-electron chi connectivity index (χ1n) is 5.50. The Morgan fingerprint density at radius 2 is 1.61 bits per heavy atom. The molecule has 5 heteroatoms. The average molecular weight is 256 g/mol.